The van der Waals surface area contributed by atoms with Gasteiger partial charge in [0.25, 0.3) is 0 Å². The zero-order valence-corrected chi connectivity index (χ0v) is 6.47. The van der Waals surface area contributed by atoms with Gasteiger partial charge in [0.15, 0.2) is 0 Å². The van der Waals surface area contributed by atoms with E-state index in [-0.39, 0.29) is 0 Å². The number of pyridine rings is 1. The van der Waals surface area contributed by atoms with Crippen LogP contribution in [0.25, 0.3) is 10.9 Å². The molecule has 1 aromatic carbocycles. The van der Waals surface area contributed by atoms with Crippen LogP contribution in [0, 0.1) is 6.07 Å². The van der Waals surface area contributed by atoms with Crippen molar-refractivity contribution < 1.29 is 0 Å². The third kappa shape index (κ3) is 1.19. The maximum atomic E-state index is 5.75. The number of nitrogens with zero attached hydrogens (tertiary/aromatic N) is 1. The van der Waals surface area contributed by atoms with E-state index < -0.39 is 0 Å². The molecule has 1 aromatic heterocycles. The van der Waals surface area contributed by atoms with E-state index in [0.717, 1.165) is 10.9 Å². The summed E-state index contributed by atoms with van der Waals surface area (Å²) in [5.74, 6) is 0. The number of benzene rings is 1. The maximum Gasteiger partial charge on any atom is 0.0723 e. The average molecular weight is 163 g/mol. The number of fused-ring (bicyclic) bond motifs is 1. The molecule has 1 radical (unpaired) electrons. The van der Waals surface area contributed by atoms with Crippen LogP contribution in [0.1, 0.15) is 0 Å². The van der Waals surface area contributed by atoms with E-state index >= 15 is 0 Å². The summed E-state index contributed by atoms with van der Waals surface area (Å²) in [4.78, 5) is 4.13. The van der Waals surface area contributed by atoms with E-state index in [1.807, 2.05) is 18.2 Å². The maximum absolute atomic E-state index is 5.75. The molecule has 0 aliphatic heterocycles. The molecule has 0 saturated carbocycles. The predicted octanol–water partition coefficient (Wildman–Crippen LogP) is 2.69. The Morgan fingerprint density at radius 2 is 2.36 bits per heavy atom. The van der Waals surface area contributed by atoms with E-state index in [1.165, 1.54) is 0 Å². The van der Waals surface area contributed by atoms with Crippen LogP contribution in [0.4, 0.5) is 0 Å². The highest BCUT2D eigenvalue weighted by Crippen LogP contribution is 2.15. The second kappa shape index (κ2) is 2.51. The Balaban J connectivity index is 2.83. The molecule has 1 nitrogen and oxygen atoms in total. The van der Waals surface area contributed by atoms with Crippen molar-refractivity contribution in [1.29, 1.82) is 0 Å². The van der Waals surface area contributed by atoms with E-state index in [2.05, 4.69) is 11.1 Å². The molecular formula is C9H5ClN. The van der Waals surface area contributed by atoms with Gasteiger partial charge in [-0.15, -0.1) is 0 Å². The van der Waals surface area contributed by atoms with Gasteiger partial charge in [0, 0.05) is 16.6 Å². The molecule has 0 spiro atoms. The number of rotatable bonds is 0. The third-order valence-electron chi connectivity index (χ3n) is 1.48. The quantitative estimate of drug-likeness (QED) is 0.581. The fourth-order valence-corrected chi connectivity index (χ4v) is 1.13. The number of hydrogen-bond acceptors (Lipinski definition) is 1. The fraction of sp³-hybridized carbons (Fsp3) is 0. The van der Waals surface area contributed by atoms with Crippen LogP contribution in [0.3, 0.4) is 0 Å². The van der Waals surface area contributed by atoms with Crippen LogP contribution < -0.4 is 0 Å². The van der Waals surface area contributed by atoms with Gasteiger partial charge < -0.3 is 0 Å². The Labute approximate surface area is 69.6 Å². The molecule has 2 heteroatoms. The van der Waals surface area contributed by atoms with Crippen molar-refractivity contribution in [1.82, 2.24) is 4.98 Å². The van der Waals surface area contributed by atoms with Crippen LogP contribution in [0.5, 0.6) is 0 Å². The van der Waals surface area contributed by atoms with Crippen LogP contribution in [-0.2, 0) is 0 Å². The molecule has 11 heavy (non-hydrogen) atoms. The molecule has 0 aliphatic carbocycles. The second-order valence-corrected chi connectivity index (χ2v) is 2.69. The van der Waals surface area contributed by atoms with Gasteiger partial charge in [-0.3, -0.25) is 4.98 Å². The van der Waals surface area contributed by atoms with Gasteiger partial charge >= 0.3 is 0 Å². The second-order valence-electron chi connectivity index (χ2n) is 2.25. The lowest BCUT2D eigenvalue weighted by Gasteiger charge is -1.94. The molecule has 0 atom stereocenters. The van der Waals surface area contributed by atoms with E-state index in [1.54, 1.807) is 12.3 Å². The van der Waals surface area contributed by atoms with Crippen LogP contribution in [-0.4, -0.2) is 4.98 Å². The summed E-state index contributed by atoms with van der Waals surface area (Å²) in [5, 5.41) is 1.67. The highest BCUT2D eigenvalue weighted by Gasteiger charge is 1.92. The Morgan fingerprint density at radius 1 is 1.45 bits per heavy atom. The van der Waals surface area contributed by atoms with E-state index in [9.17, 15) is 0 Å². The Morgan fingerprint density at radius 3 is 3.27 bits per heavy atom. The highest BCUT2D eigenvalue weighted by molar-refractivity contribution is 6.31. The van der Waals surface area contributed by atoms with Gasteiger partial charge in [0.2, 0.25) is 0 Å². The van der Waals surface area contributed by atoms with Crippen molar-refractivity contribution in [2.24, 2.45) is 0 Å². The van der Waals surface area contributed by atoms with Crippen molar-refractivity contribution >= 4 is 22.5 Å². The Hall–Kier alpha value is -1.08. The van der Waals surface area contributed by atoms with Gasteiger partial charge in [-0.25, -0.2) is 0 Å². The first-order valence-electron chi connectivity index (χ1n) is 3.28. The first kappa shape index (κ1) is 6.62. The largest absolute Gasteiger partial charge is 0.256 e. The SMILES string of the molecule is Clc1c[c]c2cccnc2c1. The molecular weight excluding hydrogens is 158 g/mol. The normalized spacial score (nSPS) is 10.3. The van der Waals surface area contributed by atoms with E-state index in [4.69, 9.17) is 11.6 Å². The van der Waals surface area contributed by atoms with Crippen molar-refractivity contribution in [3.63, 3.8) is 0 Å². The molecule has 0 amide bonds. The lowest BCUT2D eigenvalue weighted by Crippen LogP contribution is -1.75. The molecule has 2 aromatic rings. The molecule has 0 fully saturated rings. The molecule has 53 valence electrons. The minimum Gasteiger partial charge on any atom is -0.256 e. The lowest BCUT2D eigenvalue weighted by atomic mass is 10.2. The van der Waals surface area contributed by atoms with Crippen LogP contribution in [0.2, 0.25) is 5.02 Å². The number of hydrogen-bond donors (Lipinski definition) is 0. The minimum atomic E-state index is 0.677. The summed E-state index contributed by atoms with van der Waals surface area (Å²) in [7, 11) is 0. The summed E-state index contributed by atoms with van der Waals surface area (Å²) < 4.78 is 0. The topological polar surface area (TPSA) is 12.9 Å². The van der Waals surface area contributed by atoms with Gasteiger partial charge in [0.1, 0.15) is 0 Å². The van der Waals surface area contributed by atoms with Gasteiger partial charge in [0.05, 0.1) is 5.52 Å². The standard InChI is InChI=1S/C9H5ClN/c10-8-4-3-7-2-1-5-11-9(7)6-8/h1-2,4-6H. The van der Waals surface area contributed by atoms with Gasteiger partial charge in [-0.05, 0) is 24.3 Å². The summed E-state index contributed by atoms with van der Waals surface area (Å²) in [6, 6.07) is 10.4. The van der Waals surface area contributed by atoms with Crippen LogP contribution >= 0.6 is 11.6 Å². The van der Waals surface area contributed by atoms with Gasteiger partial charge in [-0.1, -0.05) is 17.7 Å². The molecule has 0 unspecified atom stereocenters. The van der Waals surface area contributed by atoms with Crippen molar-refractivity contribution in [3.05, 3.63) is 41.6 Å². The highest BCUT2D eigenvalue weighted by atomic mass is 35.5. The summed E-state index contributed by atoms with van der Waals surface area (Å²) in [5.41, 5.74) is 0.889. The van der Waals surface area contributed by atoms with E-state index in [0.29, 0.717) is 5.02 Å². The first-order chi connectivity index (χ1) is 5.36. The fourth-order valence-electron chi connectivity index (χ4n) is 0.974. The predicted molar refractivity (Wildman–Crippen MR) is 45.6 cm³/mol. The summed E-state index contributed by atoms with van der Waals surface area (Å²) in [6.45, 7) is 0. The Bertz CT molecular complexity index is 384. The number of halogens is 1. The Kier molecular flexibility index (Phi) is 1.51. The number of aromatic nitrogens is 1. The monoisotopic (exact) mass is 162 g/mol. The van der Waals surface area contributed by atoms with Crippen molar-refractivity contribution in [2.75, 3.05) is 0 Å². The average Bonchev–Trinajstić information content (AvgIpc) is 2.04. The summed E-state index contributed by atoms with van der Waals surface area (Å²) in [6.07, 6.45) is 1.74. The van der Waals surface area contributed by atoms with Gasteiger partial charge in [-0.2, -0.15) is 0 Å². The molecule has 0 aliphatic rings. The molecule has 0 N–H and O–H groups in total. The smallest absolute Gasteiger partial charge is 0.0723 e. The third-order valence-corrected chi connectivity index (χ3v) is 1.70. The van der Waals surface area contributed by atoms with Crippen molar-refractivity contribution in [2.45, 2.75) is 0 Å². The summed E-state index contributed by atoms with van der Waals surface area (Å²) >= 11 is 5.75. The first-order valence-corrected chi connectivity index (χ1v) is 3.66. The van der Waals surface area contributed by atoms with Crippen molar-refractivity contribution in [3.8, 4) is 0 Å². The minimum absolute atomic E-state index is 0.677. The van der Waals surface area contributed by atoms with Crippen LogP contribution in [0.15, 0.2) is 30.5 Å². The zero-order valence-electron chi connectivity index (χ0n) is 5.71. The zero-order chi connectivity index (χ0) is 7.68. The molecule has 2 rings (SSSR count). The molecule has 0 bridgehead atoms. The molecule has 1 heterocycles. The lowest BCUT2D eigenvalue weighted by molar-refractivity contribution is 1.41. The molecule has 0 saturated heterocycles.